The molecule has 1 aromatic carbocycles. The summed E-state index contributed by atoms with van der Waals surface area (Å²) in [5.41, 5.74) is 10.7. The van der Waals surface area contributed by atoms with Crippen LogP contribution in [0.4, 0.5) is 0 Å². The molecule has 1 unspecified atom stereocenters. The number of esters is 1. The number of ether oxygens (including phenoxy) is 1. The molecule has 4 nitrogen and oxygen atoms in total. The highest BCUT2D eigenvalue weighted by Crippen LogP contribution is 2.30. The molecule has 0 radical (unpaired) electrons. The van der Waals surface area contributed by atoms with Crippen molar-refractivity contribution in [2.75, 3.05) is 7.11 Å². The first-order valence-corrected chi connectivity index (χ1v) is 7.17. The van der Waals surface area contributed by atoms with Crippen LogP contribution in [-0.4, -0.2) is 18.1 Å². The van der Waals surface area contributed by atoms with Gasteiger partial charge in [-0.1, -0.05) is 6.42 Å². The fraction of sp³-hybridized carbons (Fsp3) is 0.438. The maximum absolute atomic E-state index is 11.6. The van der Waals surface area contributed by atoms with E-state index in [4.69, 9.17) is 10.5 Å². The summed E-state index contributed by atoms with van der Waals surface area (Å²) in [7, 11) is 1.36. The molecule has 3 N–H and O–H groups in total. The summed E-state index contributed by atoms with van der Waals surface area (Å²) < 4.78 is 4.74. The summed E-state index contributed by atoms with van der Waals surface area (Å²) in [6.45, 7) is 0. The Balaban J connectivity index is 2.08. The lowest BCUT2D eigenvalue weighted by Gasteiger charge is -2.10. The molecule has 0 aliphatic heterocycles. The Morgan fingerprint density at radius 1 is 1.25 bits per heavy atom. The molecular formula is C16H20N2O2. The quantitative estimate of drug-likeness (QED) is 0.652. The predicted octanol–water partition coefficient (Wildman–Crippen LogP) is 2.61. The van der Waals surface area contributed by atoms with Gasteiger partial charge in [0, 0.05) is 22.7 Å². The van der Waals surface area contributed by atoms with Gasteiger partial charge in [-0.2, -0.15) is 0 Å². The summed E-state index contributed by atoms with van der Waals surface area (Å²) in [6, 6.07) is 3.69. The fourth-order valence-corrected chi connectivity index (χ4v) is 3.07. The summed E-state index contributed by atoms with van der Waals surface area (Å²) >= 11 is 0. The highest BCUT2D eigenvalue weighted by Gasteiger charge is 2.21. The summed E-state index contributed by atoms with van der Waals surface area (Å²) in [6.07, 6.45) is 7.86. The van der Waals surface area contributed by atoms with E-state index in [-0.39, 0.29) is 0 Å². The Morgan fingerprint density at radius 3 is 2.65 bits per heavy atom. The number of aryl methyl sites for hydroxylation is 2. The molecule has 3 rings (SSSR count). The molecule has 20 heavy (non-hydrogen) atoms. The third-order valence-corrected chi connectivity index (χ3v) is 4.22. The van der Waals surface area contributed by atoms with Gasteiger partial charge in [0.05, 0.1) is 7.11 Å². The molecular weight excluding hydrogens is 252 g/mol. The van der Waals surface area contributed by atoms with E-state index < -0.39 is 12.0 Å². The summed E-state index contributed by atoms with van der Waals surface area (Å²) in [5.74, 6) is -0.402. The maximum Gasteiger partial charge on any atom is 0.327 e. The van der Waals surface area contributed by atoms with E-state index in [1.807, 2.05) is 6.20 Å². The molecule has 1 aliphatic rings. The minimum Gasteiger partial charge on any atom is -0.468 e. The van der Waals surface area contributed by atoms with Gasteiger partial charge in [-0.05, 0) is 48.9 Å². The van der Waals surface area contributed by atoms with Gasteiger partial charge in [-0.3, -0.25) is 4.79 Å². The molecule has 0 amide bonds. The number of nitrogens with two attached hydrogens (primary N) is 1. The molecule has 1 aliphatic carbocycles. The van der Waals surface area contributed by atoms with Crippen molar-refractivity contribution in [2.24, 2.45) is 5.73 Å². The second-order valence-corrected chi connectivity index (χ2v) is 5.47. The van der Waals surface area contributed by atoms with Gasteiger partial charge in [0.15, 0.2) is 0 Å². The zero-order valence-electron chi connectivity index (χ0n) is 11.7. The summed E-state index contributed by atoms with van der Waals surface area (Å²) in [4.78, 5) is 14.9. The van der Waals surface area contributed by atoms with E-state index in [9.17, 15) is 4.79 Å². The van der Waals surface area contributed by atoms with Gasteiger partial charge in [-0.25, -0.2) is 0 Å². The monoisotopic (exact) mass is 272 g/mol. The van der Waals surface area contributed by atoms with Crippen LogP contribution in [-0.2, 0) is 22.4 Å². The molecule has 1 heterocycles. The normalized spacial score (nSPS) is 16.5. The van der Waals surface area contributed by atoms with Gasteiger partial charge in [-0.15, -0.1) is 0 Å². The maximum atomic E-state index is 11.6. The van der Waals surface area contributed by atoms with Gasteiger partial charge in [0.1, 0.15) is 6.04 Å². The Bertz CT molecular complexity index is 645. The number of rotatable bonds is 2. The topological polar surface area (TPSA) is 68.1 Å². The zero-order valence-corrected chi connectivity index (χ0v) is 11.7. The van der Waals surface area contributed by atoms with Crippen molar-refractivity contribution in [1.29, 1.82) is 0 Å². The number of carbonyl (C=O) groups is 1. The van der Waals surface area contributed by atoms with E-state index in [0.29, 0.717) is 0 Å². The molecule has 4 heteroatoms. The van der Waals surface area contributed by atoms with Crippen LogP contribution in [0.25, 0.3) is 10.9 Å². The Kier molecular flexibility index (Phi) is 3.49. The van der Waals surface area contributed by atoms with Crippen molar-refractivity contribution >= 4 is 16.9 Å². The largest absolute Gasteiger partial charge is 0.468 e. The number of nitrogens with one attached hydrogen (secondary N) is 1. The first kappa shape index (κ1) is 13.2. The average Bonchev–Trinajstić information content (AvgIpc) is 2.73. The molecule has 0 spiro atoms. The number of methoxy groups -OCH3 is 1. The predicted molar refractivity (Wildman–Crippen MR) is 78.5 cm³/mol. The molecule has 1 atom stereocenters. The minimum absolute atomic E-state index is 0.402. The average molecular weight is 272 g/mol. The number of hydrogen-bond acceptors (Lipinski definition) is 3. The first-order chi connectivity index (χ1) is 9.70. The highest BCUT2D eigenvalue weighted by molar-refractivity contribution is 5.90. The van der Waals surface area contributed by atoms with Crippen LogP contribution >= 0.6 is 0 Å². The van der Waals surface area contributed by atoms with E-state index in [2.05, 4.69) is 17.1 Å². The molecule has 106 valence electrons. The third kappa shape index (κ3) is 2.20. The van der Waals surface area contributed by atoms with Gasteiger partial charge in [0.2, 0.25) is 0 Å². The van der Waals surface area contributed by atoms with E-state index >= 15 is 0 Å². The Morgan fingerprint density at radius 2 is 1.95 bits per heavy atom. The standard InChI is InChI=1S/C16H20N2O2/c1-20-16(19)15(17)13-9-18-14-8-11-6-4-2-3-5-10(11)7-12(13)14/h7-9,15,18H,2-6,17H2,1H3. The number of hydrogen-bond donors (Lipinski definition) is 2. The van der Waals surface area contributed by atoms with Crippen molar-refractivity contribution in [2.45, 2.75) is 38.1 Å². The fourth-order valence-electron chi connectivity index (χ4n) is 3.07. The van der Waals surface area contributed by atoms with Crippen molar-refractivity contribution < 1.29 is 9.53 Å². The lowest BCUT2D eigenvalue weighted by Crippen LogP contribution is -2.22. The van der Waals surface area contributed by atoms with E-state index in [0.717, 1.165) is 29.3 Å². The van der Waals surface area contributed by atoms with Crippen molar-refractivity contribution in [3.05, 3.63) is 35.0 Å². The molecule has 2 aromatic rings. The van der Waals surface area contributed by atoms with Gasteiger partial charge in [0.25, 0.3) is 0 Å². The highest BCUT2D eigenvalue weighted by atomic mass is 16.5. The van der Waals surface area contributed by atoms with Gasteiger partial charge < -0.3 is 15.5 Å². The van der Waals surface area contributed by atoms with Crippen LogP contribution in [0.2, 0.25) is 0 Å². The van der Waals surface area contributed by atoms with Crippen LogP contribution in [0.5, 0.6) is 0 Å². The number of benzene rings is 1. The second-order valence-electron chi connectivity index (χ2n) is 5.47. The number of aromatic amines is 1. The molecule has 0 bridgehead atoms. The number of fused-ring (bicyclic) bond motifs is 2. The van der Waals surface area contributed by atoms with Crippen LogP contribution in [0, 0.1) is 0 Å². The zero-order chi connectivity index (χ0) is 14.1. The lowest BCUT2D eigenvalue weighted by molar-refractivity contribution is -0.142. The molecule has 0 saturated heterocycles. The second kappa shape index (κ2) is 5.29. The Hall–Kier alpha value is -1.81. The van der Waals surface area contributed by atoms with Crippen LogP contribution in [0.3, 0.4) is 0 Å². The van der Waals surface area contributed by atoms with Crippen LogP contribution in [0.15, 0.2) is 18.3 Å². The molecule has 0 saturated carbocycles. The van der Waals surface area contributed by atoms with Gasteiger partial charge >= 0.3 is 5.97 Å². The molecule has 0 fully saturated rings. The number of carbonyl (C=O) groups excluding carboxylic acids is 1. The van der Waals surface area contributed by atoms with Crippen molar-refractivity contribution in [3.8, 4) is 0 Å². The van der Waals surface area contributed by atoms with Crippen molar-refractivity contribution in [3.63, 3.8) is 0 Å². The Labute approximate surface area is 118 Å². The van der Waals surface area contributed by atoms with Crippen LogP contribution in [0.1, 0.15) is 42.0 Å². The SMILES string of the molecule is COC(=O)C(N)c1c[nH]c2cc3c(cc12)CCCCC3. The lowest BCUT2D eigenvalue weighted by atomic mass is 9.98. The molecule has 1 aromatic heterocycles. The minimum atomic E-state index is -0.724. The van der Waals surface area contributed by atoms with Crippen LogP contribution < -0.4 is 5.73 Å². The smallest absolute Gasteiger partial charge is 0.327 e. The first-order valence-electron chi connectivity index (χ1n) is 7.17. The number of aromatic nitrogens is 1. The third-order valence-electron chi connectivity index (χ3n) is 4.22. The summed E-state index contributed by atoms with van der Waals surface area (Å²) in [5, 5.41) is 1.04. The van der Waals surface area contributed by atoms with E-state index in [1.54, 1.807) is 0 Å². The van der Waals surface area contributed by atoms with E-state index in [1.165, 1.54) is 37.5 Å². The number of H-pyrrole nitrogens is 1. The van der Waals surface area contributed by atoms with Crippen molar-refractivity contribution in [1.82, 2.24) is 4.98 Å².